The summed E-state index contributed by atoms with van der Waals surface area (Å²) in [5.41, 5.74) is 1.88. The maximum atomic E-state index is 5.78. The molecule has 0 amide bonds. The van der Waals surface area contributed by atoms with Gasteiger partial charge in [-0.15, -0.1) is 0 Å². The first-order chi connectivity index (χ1) is 8.25. The van der Waals surface area contributed by atoms with Crippen molar-refractivity contribution in [3.63, 3.8) is 0 Å². The molecule has 2 rings (SSSR count). The number of hydrogen-bond donors (Lipinski definition) is 0. The first-order valence-corrected chi connectivity index (χ1v) is 5.66. The summed E-state index contributed by atoms with van der Waals surface area (Å²) in [5.74, 6) is 0.671. The molecule has 0 unspecified atom stereocenters. The highest BCUT2D eigenvalue weighted by Crippen LogP contribution is 2.16. The second-order valence-electron chi connectivity index (χ2n) is 3.59. The van der Waals surface area contributed by atoms with Gasteiger partial charge in [0.15, 0.2) is 5.75 Å². The van der Waals surface area contributed by atoms with E-state index in [0.29, 0.717) is 10.8 Å². The summed E-state index contributed by atoms with van der Waals surface area (Å²) in [6.07, 6.45) is 0. The van der Waals surface area contributed by atoms with Crippen molar-refractivity contribution in [1.29, 1.82) is 0 Å². The fraction of sp³-hybridized carbons (Fsp3) is 0.0714. The topological polar surface area (TPSA) is 21.6 Å². The maximum Gasteiger partial charge on any atom is 0.158 e. The Morgan fingerprint density at radius 1 is 1.00 bits per heavy atom. The maximum absolute atomic E-state index is 5.78. The Balaban J connectivity index is 2.08. The molecule has 2 nitrogen and oxygen atoms in total. The van der Waals surface area contributed by atoms with Gasteiger partial charge in [0.2, 0.25) is 0 Å². The zero-order valence-electron chi connectivity index (χ0n) is 9.43. The lowest BCUT2D eigenvalue weighted by molar-refractivity contribution is 0.341. The summed E-state index contributed by atoms with van der Waals surface area (Å²) in [6, 6.07) is 17.0. The van der Waals surface area contributed by atoms with Gasteiger partial charge >= 0.3 is 0 Å². The minimum absolute atomic E-state index is 0.671. The fourth-order valence-corrected chi connectivity index (χ4v) is 1.47. The van der Waals surface area contributed by atoms with Crippen LogP contribution in [0.25, 0.3) is 0 Å². The van der Waals surface area contributed by atoms with Gasteiger partial charge in [-0.3, -0.25) is 0 Å². The highest BCUT2D eigenvalue weighted by molar-refractivity contribution is 6.30. The number of halogens is 1. The quantitative estimate of drug-likeness (QED) is 0.588. The summed E-state index contributed by atoms with van der Waals surface area (Å²) in [4.78, 5) is 5.31. The van der Waals surface area contributed by atoms with E-state index >= 15 is 0 Å². The van der Waals surface area contributed by atoms with Crippen LogP contribution in [-0.4, -0.2) is 5.71 Å². The molecule has 0 radical (unpaired) electrons. The first kappa shape index (κ1) is 11.7. The molecule has 3 heteroatoms. The molecule has 86 valence electrons. The monoisotopic (exact) mass is 245 g/mol. The van der Waals surface area contributed by atoms with E-state index in [9.17, 15) is 0 Å². The highest BCUT2D eigenvalue weighted by atomic mass is 35.5. The van der Waals surface area contributed by atoms with Gasteiger partial charge in [0.1, 0.15) is 0 Å². The van der Waals surface area contributed by atoms with Gasteiger partial charge in [-0.2, -0.15) is 0 Å². The third-order valence-electron chi connectivity index (χ3n) is 2.29. The van der Waals surface area contributed by atoms with Crippen molar-refractivity contribution in [2.45, 2.75) is 6.92 Å². The van der Waals surface area contributed by atoms with Crippen LogP contribution in [0.5, 0.6) is 5.75 Å². The standard InChI is InChI=1S/C14H12ClNO/c1-11(12-5-3-2-4-6-12)16-17-14-9-7-13(15)8-10-14/h2-10H,1H3/b16-11+. The van der Waals surface area contributed by atoms with Crippen molar-refractivity contribution in [2.75, 3.05) is 0 Å². The van der Waals surface area contributed by atoms with E-state index in [0.717, 1.165) is 11.3 Å². The third kappa shape index (κ3) is 3.33. The molecule has 0 aliphatic heterocycles. The van der Waals surface area contributed by atoms with E-state index in [1.165, 1.54) is 0 Å². The van der Waals surface area contributed by atoms with Crippen LogP contribution >= 0.6 is 11.6 Å². The molecule has 17 heavy (non-hydrogen) atoms. The second kappa shape index (κ2) is 5.51. The molecule has 0 aromatic heterocycles. The summed E-state index contributed by atoms with van der Waals surface area (Å²) >= 11 is 5.78. The first-order valence-electron chi connectivity index (χ1n) is 5.28. The number of hydrogen-bond acceptors (Lipinski definition) is 2. The minimum Gasteiger partial charge on any atom is -0.357 e. The highest BCUT2D eigenvalue weighted by Gasteiger charge is 1.97. The van der Waals surface area contributed by atoms with Crippen molar-refractivity contribution < 1.29 is 4.84 Å². The van der Waals surface area contributed by atoms with Crippen LogP contribution in [-0.2, 0) is 0 Å². The normalized spacial score (nSPS) is 11.3. The predicted molar refractivity (Wildman–Crippen MR) is 70.7 cm³/mol. The average Bonchev–Trinajstić information content (AvgIpc) is 2.39. The number of oxime groups is 1. The Kier molecular flexibility index (Phi) is 3.78. The van der Waals surface area contributed by atoms with Gasteiger partial charge in [-0.25, -0.2) is 0 Å². The molecule has 0 spiro atoms. The van der Waals surface area contributed by atoms with E-state index in [1.807, 2.05) is 37.3 Å². The fourth-order valence-electron chi connectivity index (χ4n) is 1.35. The Morgan fingerprint density at radius 3 is 2.29 bits per heavy atom. The molecule has 0 N–H and O–H groups in total. The zero-order valence-corrected chi connectivity index (χ0v) is 10.2. The largest absolute Gasteiger partial charge is 0.357 e. The summed E-state index contributed by atoms with van der Waals surface area (Å²) in [5, 5.41) is 4.75. The smallest absolute Gasteiger partial charge is 0.158 e. The van der Waals surface area contributed by atoms with Crippen molar-refractivity contribution in [1.82, 2.24) is 0 Å². The van der Waals surface area contributed by atoms with Crippen LogP contribution in [0.3, 0.4) is 0 Å². The molecule has 0 saturated carbocycles. The van der Waals surface area contributed by atoms with Crippen molar-refractivity contribution in [2.24, 2.45) is 5.16 Å². The molecule has 0 atom stereocenters. The van der Waals surface area contributed by atoms with Crippen LogP contribution in [0.4, 0.5) is 0 Å². The Morgan fingerprint density at radius 2 is 1.65 bits per heavy atom. The van der Waals surface area contributed by atoms with Gasteiger partial charge in [-0.1, -0.05) is 47.1 Å². The lowest BCUT2D eigenvalue weighted by Crippen LogP contribution is -1.97. The molecule has 0 fully saturated rings. The molecule has 0 bridgehead atoms. The van der Waals surface area contributed by atoms with Gasteiger partial charge in [-0.05, 0) is 36.8 Å². The van der Waals surface area contributed by atoms with E-state index in [1.54, 1.807) is 24.3 Å². The van der Waals surface area contributed by atoms with E-state index in [4.69, 9.17) is 16.4 Å². The van der Waals surface area contributed by atoms with Gasteiger partial charge in [0, 0.05) is 5.02 Å². The van der Waals surface area contributed by atoms with Crippen molar-refractivity contribution in [3.8, 4) is 5.75 Å². The molecule has 0 saturated heterocycles. The van der Waals surface area contributed by atoms with Crippen molar-refractivity contribution in [3.05, 3.63) is 65.2 Å². The Hall–Kier alpha value is -1.80. The number of rotatable bonds is 3. The van der Waals surface area contributed by atoms with Crippen LogP contribution in [0, 0.1) is 0 Å². The number of nitrogens with zero attached hydrogens (tertiary/aromatic N) is 1. The van der Waals surface area contributed by atoms with Crippen LogP contribution in [0.15, 0.2) is 59.8 Å². The third-order valence-corrected chi connectivity index (χ3v) is 2.55. The van der Waals surface area contributed by atoms with Crippen LogP contribution in [0.1, 0.15) is 12.5 Å². The SMILES string of the molecule is C/C(=N\Oc1ccc(Cl)cc1)c1ccccc1. The van der Waals surface area contributed by atoms with Gasteiger partial charge < -0.3 is 4.84 Å². The summed E-state index contributed by atoms with van der Waals surface area (Å²) in [7, 11) is 0. The van der Waals surface area contributed by atoms with Gasteiger partial charge in [0.25, 0.3) is 0 Å². The molecule has 0 aliphatic carbocycles. The predicted octanol–water partition coefficient (Wildman–Crippen LogP) is 4.14. The molecule has 0 aliphatic rings. The molecular weight excluding hydrogens is 234 g/mol. The van der Waals surface area contributed by atoms with Crippen molar-refractivity contribution >= 4 is 17.3 Å². The van der Waals surface area contributed by atoms with E-state index in [-0.39, 0.29) is 0 Å². The number of benzene rings is 2. The van der Waals surface area contributed by atoms with Gasteiger partial charge in [0.05, 0.1) is 5.71 Å². The Bertz CT molecular complexity index is 506. The second-order valence-corrected chi connectivity index (χ2v) is 4.02. The van der Waals surface area contributed by atoms with E-state index in [2.05, 4.69) is 5.16 Å². The molecule has 2 aromatic rings. The minimum atomic E-state index is 0.671. The molecule has 0 heterocycles. The van der Waals surface area contributed by atoms with Crippen LogP contribution < -0.4 is 4.84 Å². The lowest BCUT2D eigenvalue weighted by Gasteiger charge is -2.01. The summed E-state index contributed by atoms with van der Waals surface area (Å²) < 4.78 is 0. The Labute approximate surface area is 105 Å². The van der Waals surface area contributed by atoms with Crippen LogP contribution in [0.2, 0.25) is 5.02 Å². The summed E-state index contributed by atoms with van der Waals surface area (Å²) in [6.45, 7) is 1.91. The lowest BCUT2D eigenvalue weighted by atomic mass is 10.1. The molecule has 2 aromatic carbocycles. The van der Waals surface area contributed by atoms with E-state index < -0.39 is 0 Å². The average molecular weight is 246 g/mol. The molecular formula is C14H12ClNO. The zero-order chi connectivity index (χ0) is 12.1.